The molecule has 11 heavy (non-hydrogen) atoms. The van der Waals surface area contributed by atoms with Crippen LogP contribution in [0, 0.1) is 0 Å². The predicted molar refractivity (Wildman–Crippen MR) is 48.4 cm³/mol. The minimum absolute atomic E-state index is 0.514. The van der Waals surface area contributed by atoms with E-state index in [-0.39, 0.29) is 0 Å². The summed E-state index contributed by atoms with van der Waals surface area (Å²) in [6.45, 7) is 7.57. The van der Waals surface area contributed by atoms with E-state index < -0.39 is 0 Å². The highest BCUT2D eigenvalue weighted by molar-refractivity contribution is 5.54. The molecule has 0 N–H and O–H groups in total. The van der Waals surface area contributed by atoms with Gasteiger partial charge >= 0.3 is 0 Å². The predicted octanol–water partition coefficient (Wildman–Crippen LogP) is 2.65. The SMILES string of the molecule is C=C(C)/C=C\C=C(/C)CC=O. The van der Waals surface area contributed by atoms with Gasteiger partial charge in [-0.3, -0.25) is 0 Å². The fourth-order valence-electron chi connectivity index (χ4n) is 0.576. The summed E-state index contributed by atoms with van der Waals surface area (Å²) < 4.78 is 0. The Bertz CT molecular complexity index is 197. The number of hydrogen-bond donors (Lipinski definition) is 0. The van der Waals surface area contributed by atoms with Gasteiger partial charge in [-0.1, -0.05) is 36.0 Å². The minimum atomic E-state index is 0.514. The molecule has 0 rings (SSSR count). The molecule has 0 atom stereocenters. The molecule has 0 aliphatic rings. The van der Waals surface area contributed by atoms with Gasteiger partial charge in [0.25, 0.3) is 0 Å². The quantitative estimate of drug-likeness (QED) is 0.445. The third kappa shape index (κ3) is 6.78. The molecule has 0 aromatic rings. The molecule has 0 spiro atoms. The molecule has 1 heteroatoms. The lowest BCUT2D eigenvalue weighted by molar-refractivity contribution is -0.107. The molecule has 0 fully saturated rings. The van der Waals surface area contributed by atoms with Gasteiger partial charge < -0.3 is 4.79 Å². The lowest BCUT2D eigenvalue weighted by atomic mass is 10.2. The van der Waals surface area contributed by atoms with Gasteiger partial charge in [-0.05, 0) is 13.8 Å². The number of carbonyl (C=O) groups is 1. The molecule has 0 aliphatic heterocycles. The van der Waals surface area contributed by atoms with Gasteiger partial charge in [-0.15, -0.1) is 0 Å². The van der Waals surface area contributed by atoms with Crippen LogP contribution < -0.4 is 0 Å². The van der Waals surface area contributed by atoms with Crippen molar-refractivity contribution in [1.82, 2.24) is 0 Å². The van der Waals surface area contributed by atoms with Crippen molar-refractivity contribution < 1.29 is 4.79 Å². The number of carbonyl (C=O) groups excluding carboxylic acids is 1. The number of hydrogen-bond acceptors (Lipinski definition) is 1. The van der Waals surface area contributed by atoms with Crippen molar-refractivity contribution in [2.75, 3.05) is 0 Å². The summed E-state index contributed by atoms with van der Waals surface area (Å²) in [6.07, 6.45) is 7.15. The van der Waals surface area contributed by atoms with Gasteiger partial charge in [0.05, 0.1) is 0 Å². The Kier molecular flexibility index (Phi) is 5.09. The molecule has 0 aromatic carbocycles. The smallest absolute Gasteiger partial charge is 0.124 e. The summed E-state index contributed by atoms with van der Waals surface area (Å²) in [5.74, 6) is 0. The number of rotatable bonds is 4. The van der Waals surface area contributed by atoms with Crippen molar-refractivity contribution in [3.8, 4) is 0 Å². The van der Waals surface area contributed by atoms with Crippen LogP contribution in [0.4, 0.5) is 0 Å². The first-order valence-corrected chi connectivity index (χ1v) is 3.60. The summed E-state index contributed by atoms with van der Waals surface area (Å²) in [4.78, 5) is 10.0. The molecule has 0 unspecified atom stereocenters. The molecule has 0 amide bonds. The van der Waals surface area contributed by atoms with Crippen molar-refractivity contribution in [1.29, 1.82) is 0 Å². The van der Waals surface area contributed by atoms with E-state index >= 15 is 0 Å². The Morgan fingerprint density at radius 3 is 2.55 bits per heavy atom. The summed E-state index contributed by atoms with van der Waals surface area (Å²) in [5, 5.41) is 0. The van der Waals surface area contributed by atoms with E-state index in [0.29, 0.717) is 6.42 Å². The maximum Gasteiger partial charge on any atom is 0.124 e. The van der Waals surface area contributed by atoms with Gasteiger partial charge in [0.2, 0.25) is 0 Å². The van der Waals surface area contributed by atoms with E-state index in [1.807, 2.05) is 32.1 Å². The third-order valence-electron chi connectivity index (χ3n) is 1.17. The fourth-order valence-corrected chi connectivity index (χ4v) is 0.576. The van der Waals surface area contributed by atoms with Crippen molar-refractivity contribution in [3.63, 3.8) is 0 Å². The summed E-state index contributed by atoms with van der Waals surface area (Å²) >= 11 is 0. The Labute approximate surface area is 68.1 Å². The summed E-state index contributed by atoms with van der Waals surface area (Å²) in [7, 11) is 0. The first-order valence-electron chi connectivity index (χ1n) is 3.60. The Morgan fingerprint density at radius 2 is 2.09 bits per heavy atom. The zero-order chi connectivity index (χ0) is 8.69. The second-order valence-electron chi connectivity index (χ2n) is 2.59. The molecular weight excluding hydrogens is 136 g/mol. The summed E-state index contributed by atoms with van der Waals surface area (Å²) in [5.41, 5.74) is 2.08. The second kappa shape index (κ2) is 5.66. The molecule has 0 saturated carbocycles. The second-order valence-corrected chi connectivity index (χ2v) is 2.59. The largest absolute Gasteiger partial charge is 0.303 e. The molecule has 1 nitrogen and oxygen atoms in total. The highest BCUT2D eigenvalue weighted by atomic mass is 16.1. The summed E-state index contributed by atoms with van der Waals surface area (Å²) in [6, 6.07) is 0. The van der Waals surface area contributed by atoms with Gasteiger partial charge in [0, 0.05) is 6.42 Å². The normalized spacial score (nSPS) is 12.0. The molecule has 0 radical (unpaired) electrons. The van der Waals surface area contributed by atoms with Crippen LogP contribution in [0.3, 0.4) is 0 Å². The Balaban J connectivity index is 3.90. The standard InChI is InChI=1S/C10H14O/c1-9(2)5-4-6-10(3)7-8-11/h4-6,8H,1,7H2,2-3H3/b5-4-,10-6+. The molecule has 0 aromatic heterocycles. The van der Waals surface area contributed by atoms with Gasteiger partial charge in [0.15, 0.2) is 0 Å². The van der Waals surface area contributed by atoms with E-state index in [1.54, 1.807) is 0 Å². The highest BCUT2D eigenvalue weighted by Gasteiger charge is 1.82. The maximum absolute atomic E-state index is 10.0. The number of aldehydes is 1. The lowest BCUT2D eigenvalue weighted by Crippen LogP contribution is -1.75. The molecule has 0 aliphatic carbocycles. The Morgan fingerprint density at radius 1 is 1.45 bits per heavy atom. The van der Waals surface area contributed by atoms with Crippen LogP contribution >= 0.6 is 0 Å². The zero-order valence-corrected chi connectivity index (χ0v) is 7.13. The monoisotopic (exact) mass is 150 g/mol. The topological polar surface area (TPSA) is 17.1 Å². The van der Waals surface area contributed by atoms with Crippen molar-refractivity contribution in [2.45, 2.75) is 20.3 Å². The van der Waals surface area contributed by atoms with Crippen LogP contribution in [0.5, 0.6) is 0 Å². The van der Waals surface area contributed by atoms with Crippen molar-refractivity contribution in [3.05, 3.63) is 36.0 Å². The Hall–Kier alpha value is -1.11. The van der Waals surface area contributed by atoms with Crippen molar-refractivity contribution in [2.24, 2.45) is 0 Å². The lowest BCUT2D eigenvalue weighted by Gasteiger charge is -1.88. The fraction of sp³-hybridized carbons (Fsp3) is 0.300. The van der Waals surface area contributed by atoms with Crippen LogP contribution in [-0.4, -0.2) is 6.29 Å². The van der Waals surface area contributed by atoms with E-state index in [4.69, 9.17) is 0 Å². The van der Waals surface area contributed by atoms with Gasteiger partial charge in [0.1, 0.15) is 6.29 Å². The van der Waals surface area contributed by atoms with Crippen LogP contribution in [0.25, 0.3) is 0 Å². The van der Waals surface area contributed by atoms with Crippen LogP contribution in [0.15, 0.2) is 36.0 Å². The number of allylic oxidation sites excluding steroid dienone is 5. The molecule has 60 valence electrons. The van der Waals surface area contributed by atoms with Gasteiger partial charge in [-0.2, -0.15) is 0 Å². The molecule has 0 bridgehead atoms. The average molecular weight is 150 g/mol. The molecule has 0 heterocycles. The molecule has 0 saturated heterocycles. The van der Waals surface area contributed by atoms with Crippen LogP contribution in [0.2, 0.25) is 0 Å². The zero-order valence-electron chi connectivity index (χ0n) is 7.13. The van der Waals surface area contributed by atoms with Gasteiger partial charge in [-0.25, -0.2) is 0 Å². The van der Waals surface area contributed by atoms with E-state index in [2.05, 4.69) is 6.58 Å². The highest BCUT2D eigenvalue weighted by Crippen LogP contribution is 1.98. The molecular formula is C10H14O. The van der Waals surface area contributed by atoms with Crippen LogP contribution in [-0.2, 0) is 4.79 Å². The van der Waals surface area contributed by atoms with E-state index in [0.717, 1.165) is 17.4 Å². The average Bonchev–Trinajstić information content (AvgIpc) is 1.87. The minimum Gasteiger partial charge on any atom is -0.303 e. The van der Waals surface area contributed by atoms with Crippen LogP contribution in [0.1, 0.15) is 20.3 Å². The maximum atomic E-state index is 10.0. The first-order chi connectivity index (χ1) is 5.16. The third-order valence-corrected chi connectivity index (χ3v) is 1.17. The van der Waals surface area contributed by atoms with Crippen molar-refractivity contribution >= 4 is 6.29 Å². The van der Waals surface area contributed by atoms with E-state index in [9.17, 15) is 4.79 Å². The first kappa shape index (κ1) is 9.89. The van der Waals surface area contributed by atoms with E-state index in [1.165, 1.54) is 0 Å².